The molecule has 0 amide bonds. The molecule has 0 unspecified atom stereocenters. The van der Waals surface area contributed by atoms with E-state index >= 15 is 0 Å². The average molecular weight is 641 g/mol. The molecule has 8 aromatic carbocycles. The van der Waals surface area contributed by atoms with Crippen molar-refractivity contribution in [2.45, 2.75) is 0 Å². The zero-order valence-corrected chi connectivity index (χ0v) is 26.9. The van der Waals surface area contributed by atoms with E-state index < -0.39 is 0 Å². The molecule has 3 aromatic heterocycles. The molecule has 0 aliphatic rings. The maximum atomic E-state index is 6.45. The number of para-hydroxylation sites is 5. The van der Waals surface area contributed by atoms with Gasteiger partial charge in [-0.3, -0.25) is 0 Å². The first-order valence-corrected chi connectivity index (χ1v) is 16.9. The lowest BCUT2D eigenvalue weighted by molar-refractivity contribution is 0.669. The van der Waals surface area contributed by atoms with E-state index in [2.05, 4.69) is 155 Å². The fraction of sp³-hybridized carbons (Fsp3) is 0. The zero-order chi connectivity index (χ0) is 32.8. The van der Waals surface area contributed by atoms with Gasteiger partial charge in [-0.25, -0.2) is 0 Å². The maximum absolute atomic E-state index is 6.45. The molecule has 11 rings (SSSR count). The van der Waals surface area contributed by atoms with Crippen molar-refractivity contribution in [3.05, 3.63) is 170 Å². The summed E-state index contributed by atoms with van der Waals surface area (Å²) in [5, 5.41) is 9.11. The number of aromatic nitrogens is 1. The van der Waals surface area contributed by atoms with Crippen molar-refractivity contribution in [2.24, 2.45) is 0 Å². The summed E-state index contributed by atoms with van der Waals surface area (Å²) < 4.78 is 15.2. The monoisotopic (exact) mass is 640 g/mol. The Kier molecular flexibility index (Phi) is 5.63. The quantitative estimate of drug-likeness (QED) is 0.192. The molecule has 0 saturated carbocycles. The summed E-state index contributed by atoms with van der Waals surface area (Å²) in [6.45, 7) is 0. The summed E-state index contributed by atoms with van der Waals surface area (Å²) in [6.07, 6.45) is 0. The van der Waals surface area contributed by atoms with Gasteiger partial charge in [0.05, 0.1) is 27.8 Å². The summed E-state index contributed by atoms with van der Waals surface area (Å²) in [4.78, 5) is 2.41. The minimum Gasteiger partial charge on any atom is -0.456 e. The molecule has 4 heteroatoms. The Morgan fingerprint density at radius 2 is 1.06 bits per heavy atom. The topological polar surface area (TPSA) is 34.5 Å². The van der Waals surface area contributed by atoms with Gasteiger partial charge in [0.2, 0.25) is 0 Å². The predicted octanol–water partition coefficient (Wildman–Crippen LogP) is 13.2. The number of anilines is 3. The zero-order valence-electron chi connectivity index (χ0n) is 26.9. The van der Waals surface area contributed by atoms with E-state index in [-0.39, 0.29) is 0 Å². The highest BCUT2D eigenvalue weighted by molar-refractivity contribution is 6.18. The molecule has 0 atom stereocenters. The SMILES string of the molecule is c1ccc(-n2c3ccccc3c3cccc(N(c4ccc5cc6c(cc5c4)oc4ccccc46)c4cccc5oc6ccccc6c45)c32)cc1. The molecule has 3 heterocycles. The van der Waals surface area contributed by atoms with Crippen molar-refractivity contribution in [3.8, 4) is 5.69 Å². The summed E-state index contributed by atoms with van der Waals surface area (Å²) >= 11 is 0. The Hall–Kier alpha value is -6.78. The van der Waals surface area contributed by atoms with Gasteiger partial charge in [0.1, 0.15) is 22.3 Å². The molecule has 0 N–H and O–H groups in total. The van der Waals surface area contributed by atoms with Gasteiger partial charge in [-0.05, 0) is 83.6 Å². The van der Waals surface area contributed by atoms with Crippen LogP contribution < -0.4 is 4.90 Å². The van der Waals surface area contributed by atoms with Crippen LogP contribution in [0.3, 0.4) is 0 Å². The minimum atomic E-state index is 0.856. The average Bonchev–Trinajstić information content (AvgIpc) is 3.84. The van der Waals surface area contributed by atoms with Crippen LogP contribution in [0.25, 0.3) is 82.1 Å². The van der Waals surface area contributed by atoms with Crippen LogP contribution in [0, 0.1) is 0 Å². The lowest BCUT2D eigenvalue weighted by Gasteiger charge is -2.28. The number of hydrogen-bond donors (Lipinski definition) is 0. The molecule has 4 nitrogen and oxygen atoms in total. The van der Waals surface area contributed by atoms with E-state index in [9.17, 15) is 0 Å². The number of rotatable bonds is 4. The third kappa shape index (κ3) is 3.87. The molecule has 0 bridgehead atoms. The van der Waals surface area contributed by atoms with Crippen LogP contribution in [0.2, 0.25) is 0 Å². The summed E-state index contributed by atoms with van der Waals surface area (Å²) in [7, 11) is 0. The van der Waals surface area contributed by atoms with E-state index in [0.29, 0.717) is 0 Å². The molecule has 0 fully saturated rings. The largest absolute Gasteiger partial charge is 0.456 e. The van der Waals surface area contributed by atoms with Crippen LogP contribution in [-0.4, -0.2) is 4.57 Å². The van der Waals surface area contributed by atoms with Crippen molar-refractivity contribution >= 4 is 93.5 Å². The van der Waals surface area contributed by atoms with Crippen LogP contribution in [0.5, 0.6) is 0 Å². The van der Waals surface area contributed by atoms with Crippen molar-refractivity contribution in [1.82, 2.24) is 4.57 Å². The highest BCUT2D eigenvalue weighted by atomic mass is 16.3. The first-order chi connectivity index (χ1) is 24.8. The van der Waals surface area contributed by atoms with E-state index in [0.717, 1.165) is 82.9 Å². The van der Waals surface area contributed by atoms with Gasteiger partial charge in [-0.15, -0.1) is 0 Å². The Morgan fingerprint density at radius 3 is 1.94 bits per heavy atom. The highest BCUT2D eigenvalue weighted by Crippen LogP contribution is 2.47. The third-order valence-electron chi connectivity index (χ3n) is 10.1. The van der Waals surface area contributed by atoms with E-state index in [1.807, 2.05) is 24.3 Å². The summed E-state index contributed by atoms with van der Waals surface area (Å²) in [5.74, 6) is 0. The number of fused-ring (bicyclic) bond motifs is 10. The molecule has 234 valence electrons. The Bertz CT molecular complexity index is 3110. The van der Waals surface area contributed by atoms with Crippen LogP contribution in [0.1, 0.15) is 0 Å². The Morgan fingerprint density at radius 1 is 0.400 bits per heavy atom. The first-order valence-electron chi connectivity index (χ1n) is 16.9. The van der Waals surface area contributed by atoms with Crippen LogP contribution >= 0.6 is 0 Å². The fourth-order valence-corrected chi connectivity index (χ4v) is 7.97. The standard InChI is InChI=1S/C46H28N2O2/c1-2-12-31(13-3-1)48-38-18-7-4-14-33(38)35-17-10-20-40(46(35)48)47(39-19-11-23-43-45(39)36-16-6-9-22-42(36)49-43)32-25-24-29-27-37-34-15-5-8-21-41(34)50-44(37)28-30(29)26-32/h1-28H. The van der Waals surface area contributed by atoms with Crippen LogP contribution in [0.4, 0.5) is 17.1 Å². The first kappa shape index (κ1) is 27.2. The van der Waals surface area contributed by atoms with Crippen LogP contribution in [0.15, 0.2) is 179 Å². The molecule has 0 saturated heterocycles. The van der Waals surface area contributed by atoms with E-state index in [1.54, 1.807) is 0 Å². The molecular weight excluding hydrogens is 613 g/mol. The van der Waals surface area contributed by atoms with Gasteiger partial charge in [0, 0.05) is 38.3 Å². The van der Waals surface area contributed by atoms with Crippen molar-refractivity contribution in [2.75, 3.05) is 4.90 Å². The molecule has 11 aromatic rings. The molecule has 0 radical (unpaired) electrons. The highest BCUT2D eigenvalue weighted by Gasteiger charge is 2.24. The smallest absolute Gasteiger partial charge is 0.137 e. The van der Waals surface area contributed by atoms with Gasteiger partial charge in [0.25, 0.3) is 0 Å². The lowest BCUT2D eigenvalue weighted by Crippen LogP contribution is -2.12. The third-order valence-corrected chi connectivity index (χ3v) is 10.1. The summed E-state index contributed by atoms with van der Waals surface area (Å²) in [5.41, 5.74) is 10.1. The molecule has 0 aliphatic heterocycles. The van der Waals surface area contributed by atoms with E-state index in [1.165, 1.54) is 16.3 Å². The Labute approximate surface area is 286 Å². The summed E-state index contributed by atoms with van der Waals surface area (Å²) in [6, 6.07) is 60.2. The van der Waals surface area contributed by atoms with Gasteiger partial charge < -0.3 is 18.3 Å². The van der Waals surface area contributed by atoms with Crippen LogP contribution in [-0.2, 0) is 0 Å². The second kappa shape index (κ2) is 10.4. The number of furan rings is 2. The second-order valence-electron chi connectivity index (χ2n) is 12.9. The number of hydrogen-bond acceptors (Lipinski definition) is 3. The fourth-order valence-electron chi connectivity index (χ4n) is 7.97. The van der Waals surface area contributed by atoms with Gasteiger partial charge in [-0.2, -0.15) is 0 Å². The van der Waals surface area contributed by atoms with Crippen molar-refractivity contribution in [1.29, 1.82) is 0 Å². The molecule has 0 aliphatic carbocycles. The van der Waals surface area contributed by atoms with Gasteiger partial charge in [-0.1, -0.05) is 97.1 Å². The number of nitrogens with zero attached hydrogens (tertiary/aromatic N) is 2. The predicted molar refractivity (Wildman–Crippen MR) is 208 cm³/mol. The van der Waals surface area contributed by atoms with Gasteiger partial charge in [0.15, 0.2) is 0 Å². The normalized spacial score (nSPS) is 12.0. The number of benzene rings is 8. The molecule has 50 heavy (non-hydrogen) atoms. The lowest BCUT2D eigenvalue weighted by atomic mass is 10.0. The van der Waals surface area contributed by atoms with Crippen molar-refractivity contribution < 1.29 is 8.83 Å². The molecule has 0 spiro atoms. The van der Waals surface area contributed by atoms with Crippen molar-refractivity contribution in [3.63, 3.8) is 0 Å². The maximum Gasteiger partial charge on any atom is 0.137 e. The minimum absolute atomic E-state index is 0.856. The Balaban J connectivity index is 1.26. The van der Waals surface area contributed by atoms with Gasteiger partial charge >= 0.3 is 0 Å². The van der Waals surface area contributed by atoms with E-state index in [4.69, 9.17) is 8.83 Å². The molecular formula is C46H28N2O2. The second-order valence-corrected chi connectivity index (χ2v) is 12.9.